The van der Waals surface area contributed by atoms with E-state index in [1.165, 1.54) is 31.2 Å². The molecule has 1 saturated heterocycles. The van der Waals surface area contributed by atoms with Gasteiger partial charge in [-0.15, -0.1) is 12.4 Å². The molecule has 3 rings (SSSR count). The van der Waals surface area contributed by atoms with Crippen molar-refractivity contribution in [2.75, 3.05) is 19.6 Å². The second-order valence-corrected chi connectivity index (χ2v) is 7.09. The molecule has 6 heteroatoms. The fourth-order valence-corrected chi connectivity index (χ4v) is 4.00. The number of nitrogens with zero attached hydrogens (tertiary/aromatic N) is 2. The predicted molar refractivity (Wildman–Crippen MR) is 93.7 cm³/mol. The molecule has 2 aliphatic rings. The lowest BCUT2D eigenvalue weighted by molar-refractivity contribution is -0.125. The summed E-state index contributed by atoms with van der Waals surface area (Å²) >= 11 is 0. The smallest absolute Gasteiger partial charge is 0.225 e. The van der Waals surface area contributed by atoms with Crippen LogP contribution in [0.2, 0.25) is 0 Å². The zero-order valence-electron chi connectivity index (χ0n) is 14.1. The number of amides is 1. The molecular formula is C17H29ClN4O. The number of carbonyl (C=O) groups is 1. The monoisotopic (exact) mass is 340 g/mol. The summed E-state index contributed by atoms with van der Waals surface area (Å²) in [6.45, 7) is 4.80. The van der Waals surface area contributed by atoms with Crippen molar-refractivity contribution >= 4 is 18.3 Å². The normalized spacial score (nSPS) is 30.7. The van der Waals surface area contributed by atoms with E-state index in [9.17, 15) is 4.79 Å². The Morgan fingerprint density at radius 1 is 1.39 bits per heavy atom. The van der Waals surface area contributed by atoms with E-state index in [-0.39, 0.29) is 30.2 Å². The highest BCUT2D eigenvalue weighted by Gasteiger charge is 2.35. The Bertz CT molecular complexity index is 518. The summed E-state index contributed by atoms with van der Waals surface area (Å²) in [5.41, 5.74) is 1.17. The van der Waals surface area contributed by atoms with Gasteiger partial charge in [0.15, 0.2) is 0 Å². The number of hydrogen-bond acceptors (Lipinski definition) is 3. The molecule has 1 amide bonds. The molecule has 5 nitrogen and oxygen atoms in total. The van der Waals surface area contributed by atoms with Crippen molar-refractivity contribution in [3.05, 3.63) is 18.0 Å². The van der Waals surface area contributed by atoms with Crippen molar-refractivity contribution in [3.8, 4) is 0 Å². The van der Waals surface area contributed by atoms with Gasteiger partial charge >= 0.3 is 0 Å². The third-order valence-electron chi connectivity index (χ3n) is 5.53. The first-order valence-corrected chi connectivity index (χ1v) is 8.62. The molecule has 1 saturated carbocycles. The summed E-state index contributed by atoms with van der Waals surface area (Å²) in [4.78, 5) is 12.6. The van der Waals surface area contributed by atoms with E-state index < -0.39 is 0 Å². The van der Waals surface area contributed by atoms with Crippen molar-refractivity contribution in [1.82, 2.24) is 20.4 Å². The van der Waals surface area contributed by atoms with Crippen LogP contribution < -0.4 is 10.6 Å². The third kappa shape index (κ3) is 4.27. The second-order valence-electron chi connectivity index (χ2n) is 7.09. The fourth-order valence-electron chi connectivity index (χ4n) is 4.00. The summed E-state index contributed by atoms with van der Waals surface area (Å²) in [5.74, 6) is 1.88. The maximum absolute atomic E-state index is 12.6. The van der Waals surface area contributed by atoms with Crippen LogP contribution in [0.3, 0.4) is 0 Å². The first-order chi connectivity index (χ1) is 10.6. The number of hydrogen-bond donors (Lipinski definition) is 2. The zero-order valence-corrected chi connectivity index (χ0v) is 14.9. The Morgan fingerprint density at radius 3 is 2.87 bits per heavy atom. The lowest BCUT2D eigenvalue weighted by atomic mass is 9.80. The highest BCUT2D eigenvalue weighted by atomic mass is 35.5. The van der Waals surface area contributed by atoms with E-state index in [1.807, 2.05) is 24.1 Å². The van der Waals surface area contributed by atoms with Gasteiger partial charge in [0.2, 0.25) is 5.91 Å². The van der Waals surface area contributed by atoms with Crippen LogP contribution in [-0.4, -0.2) is 35.3 Å². The summed E-state index contributed by atoms with van der Waals surface area (Å²) in [6, 6.07) is 0. The van der Waals surface area contributed by atoms with Crippen LogP contribution in [0.4, 0.5) is 0 Å². The minimum absolute atomic E-state index is 0. The lowest BCUT2D eigenvalue weighted by Crippen LogP contribution is -2.39. The maximum atomic E-state index is 12.6. The molecule has 2 heterocycles. The molecule has 4 atom stereocenters. The zero-order chi connectivity index (χ0) is 15.5. The summed E-state index contributed by atoms with van der Waals surface area (Å²) in [5, 5.41) is 10.8. The van der Waals surface area contributed by atoms with Crippen molar-refractivity contribution in [2.24, 2.45) is 24.8 Å². The van der Waals surface area contributed by atoms with E-state index in [0.29, 0.717) is 5.92 Å². The van der Waals surface area contributed by atoms with Crippen LogP contribution in [0, 0.1) is 17.8 Å². The number of aromatic nitrogens is 2. The van der Waals surface area contributed by atoms with Crippen LogP contribution >= 0.6 is 12.4 Å². The lowest BCUT2D eigenvalue weighted by Gasteiger charge is -2.29. The van der Waals surface area contributed by atoms with Crippen molar-refractivity contribution in [2.45, 2.75) is 38.5 Å². The average molecular weight is 341 g/mol. The van der Waals surface area contributed by atoms with Crippen molar-refractivity contribution < 1.29 is 4.79 Å². The van der Waals surface area contributed by atoms with E-state index in [4.69, 9.17) is 0 Å². The molecule has 0 aromatic carbocycles. The first-order valence-electron chi connectivity index (χ1n) is 8.62. The van der Waals surface area contributed by atoms with E-state index in [2.05, 4.69) is 22.7 Å². The van der Waals surface area contributed by atoms with Gasteiger partial charge in [-0.25, -0.2) is 0 Å². The molecule has 2 N–H and O–H groups in total. The second kappa shape index (κ2) is 8.15. The minimum Gasteiger partial charge on any atom is -0.356 e. The first kappa shape index (κ1) is 18.3. The standard InChI is InChI=1S/C17H28N4O.ClH/c1-12-5-3-4-6-13(12)7-19-17(22)16-10-18-9-15(16)14-8-20-21(2)11-14;/h8,11-13,15-16,18H,3-7,9-10H2,1-2H3,(H,19,22);1H/t12?,13?,15-,16+;/m1./s1. The van der Waals surface area contributed by atoms with E-state index >= 15 is 0 Å². The minimum atomic E-state index is 0. The molecule has 1 aliphatic carbocycles. The molecule has 2 fully saturated rings. The Hall–Kier alpha value is -1.07. The van der Waals surface area contributed by atoms with Gasteiger partial charge in [0, 0.05) is 38.8 Å². The molecule has 2 unspecified atom stereocenters. The Morgan fingerprint density at radius 2 is 2.17 bits per heavy atom. The van der Waals surface area contributed by atoms with Gasteiger partial charge in [-0.3, -0.25) is 9.48 Å². The van der Waals surface area contributed by atoms with Gasteiger partial charge in [-0.2, -0.15) is 5.10 Å². The topological polar surface area (TPSA) is 59.0 Å². The van der Waals surface area contributed by atoms with Gasteiger partial charge in [-0.05, 0) is 23.8 Å². The number of carbonyl (C=O) groups excluding carboxylic acids is 1. The predicted octanol–water partition coefficient (Wildman–Crippen LogP) is 2.09. The largest absolute Gasteiger partial charge is 0.356 e. The van der Waals surface area contributed by atoms with E-state index in [1.54, 1.807) is 0 Å². The highest BCUT2D eigenvalue weighted by molar-refractivity contribution is 5.85. The number of halogens is 1. The van der Waals surface area contributed by atoms with Crippen LogP contribution in [0.25, 0.3) is 0 Å². The SMILES string of the molecule is CC1CCCCC1CNC(=O)[C@H]1CNC[C@@H]1c1cnn(C)c1.Cl. The van der Waals surface area contributed by atoms with Crippen LogP contribution in [0.1, 0.15) is 44.1 Å². The Kier molecular flexibility index (Phi) is 6.48. The van der Waals surface area contributed by atoms with Gasteiger partial charge in [0.1, 0.15) is 0 Å². The molecule has 130 valence electrons. The molecule has 0 radical (unpaired) electrons. The van der Waals surface area contributed by atoms with Crippen LogP contribution in [0.15, 0.2) is 12.4 Å². The summed E-state index contributed by atoms with van der Waals surface area (Å²) in [7, 11) is 1.92. The average Bonchev–Trinajstić information content (AvgIpc) is 3.14. The molecule has 1 aliphatic heterocycles. The maximum Gasteiger partial charge on any atom is 0.225 e. The molecule has 23 heavy (non-hydrogen) atoms. The van der Waals surface area contributed by atoms with Gasteiger partial charge < -0.3 is 10.6 Å². The number of rotatable bonds is 4. The quantitative estimate of drug-likeness (QED) is 0.882. The molecule has 1 aromatic rings. The van der Waals surface area contributed by atoms with Crippen LogP contribution in [-0.2, 0) is 11.8 Å². The molecular weight excluding hydrogens is 312 g/mol. The molecule has 0 bridgehead atoms. The summed E-state index contributed by atoms with van der Waals surface area (Å²) < 4.78 is 1.81. The summed E-state index contributed by atoms with van der Waals surface area (Å²) in [6.07, 6.45) is 9.15. The molecule has 1 aromatic heterocycles. The van der Waals surface area contributed by atoms with Gasteiger partial charge in [-0.1, -0.05) is 26.2 Å². The van der Waals surface area contributed by atoms with Crippen LogP contribution in [0.5, 0.6) is 0 Å². The number of aryl methyl sites for hydroxylation is 1. The van der Waals surface area contributed by atoms with Gasteiger partial charge in [0.25, 0.3) is 0 Å². The molecule has 0 spiro atoms. The van der Waals surface area contributed by atoms with Crippen molar-refractivity contribution in [3.63, 3.8) is 0 Å². The Balaban J connectivity index is 0.00000192. The van der Waals surface area contributed by atoms with E-state index in [0.717, 1.165) is 25.6 Å². The highest BCUT2D eigenvalue weighted by Crippen LogP contribution is 2.30. The van der Waals surface area contributed by atoms with Crippen molar-refractivity contribution in [1.29, 1.82) is 0 Å². The Labute approximate surface area is 145 Å². The fraction of sp³-hybridized carbons (Fsp3) is 0.765. The number of nitrogens with one attached hydrogen (secondary N) is 2. The van der Waals surface area contributed by atoms with Gasteiger partial charge in [0.05, 0.1) is 12.1 Å². The third-order valence-corrected chi connectivity index (χ3v) is 5.53.